The van der Waals surface area contributed by atoms with Crippen molar-refractivity contribution in [3.05, 3.63) is 30.1 Å². The molecule has 0 fully saturated rings. The molecule has 0 unspecified atom stereocenters. The number of rotatable bonds is 4. The highest BCUT2D eigenvalue weighted by atomic mass is 32.2. The summed E-state index contributed by atoms with van der Waals surface area (Å²) in [4.78, 5) is 0.0693. The van der Waals surface area contributed by atoms with E-state index < -0.39 is 15.8 Å². The van der Waals surface area contributed by atoms with E-state index in [1.54, 1.807) is 0 Å². The summed E-state index contributed by atoms with van der Waals surface area (Å²) in [6.07, 6.45) is 0. The molecule has 0 radical (unpaired) electrons. The summed E-state index contributed by atoms with van der Waals surface area (Å²) in [5.74, 6) is -0.463. The lowest BCUT2D eigenvalue weighted by Gasteiger charge is -2.15. The number of likely N-dealkylation sites (N-methyl/N-ethyl adjacent to an activating group) is 1. The third kappa shape index (κ3) is 2.74. The molecule has 84 valence electrons. The van der Waals surface area contributed by atoms with Crippen molar-refractivity contribution in [3.63, 3.8) is 0 Å². The Balaban J connectivity index is 3.01. The van der Waals surface area contributed by atoms with Gasteiger partial charge < -0.3 is 5.73 Å². The zero-order valence-corrected chi connectivity index (χ0v) is 9.17. The first-order valence-corrected chi connectivity index (χ1v) is 5.84. The van der Waals surface area contributed by atoms with Crippen molar-refractivity contribution >= 4 is 10.0 Å². The molecule has 6 heteroatoms. The molecule has 0 spiro atoms. The summed E-state index contributed by atoms with van der Waals surface area (Å²) in [7, 11) is -2.10. The first-order valence-electron chi connectivity index (χ1n) is 4.40. The van der Waals surface area contributed by atoms with Crippen LogP contribution in [0.4, 0.5) is 4.39 Å². The first kappa shape index (κ1) is 12.1. The van der Waals surface area contributed by atoms with E-state index in [9.17, 15) is 12.8 Å². The third-order valence-corrected chi connectivity index (χ3v) is 3.84. The van der Waals surface area contributed by atoms with Crippen molar-refractivity contribution in [2.24, 2.45) is 5.73 Å². The normalized spacial score (nSPS) is 12.0. The monoisotopic (exact) mass is 232 g/mol. The minimum absolute atomic E-state index is 0.0693. The summed E-state index contributed by atoms with van der Waals surface area (Å²) in [6, 6.07) is 4.70. The van der Waals surface area contributed by atoms with E-state index in [-0.39, 0.29) is 18.0 Å². The fourth-order valence-electron chi connectivity index (χ4n) is 1.09. The number of sulfonamides is 1. The number of nitrogens with zero attached hydrogens (tertiary/aromatic N) is 1. The smallest absolute Gasteiger partial charge is 0.242 e. The van der Waals surface area contributed by atoms with Crippen LogP contribution in [0.25, 0.3) is 0 Å². The maximum absolute atomic E-state index is 12.6. The van der Waals surface area contributed by atoms with Crippen LogP contribution < -0.4 is 5.73 Å². The van der Waals surface area contributed by atoms with E-state index in [0.717, 1.165) is 16.4 Å². The van der Waals surface area contributed by atoms with Crippen LogP contribution in [0.2, 0.25) is 0 Å². The summed E-state index contributed by atoms with van der Waals surface area (Å²) < 4.78 is 37.3. The maximum atomic E-state index is 12.6. The number of benzene rings is 1. The molecule has 0 atom stereocenters. The minimum Gasteiger partial charge on any atom is -0.329 e. The fourth-order valence-corrected chi connectivity index (χ4v) is 2.27. The first-order chi connectivity index (χ1) is 6.98. The van der Waals surface area contributed by atoms with Crippen LogP contribution in [-0.2, 0) is 10.0 Å². The Hall–Kier alpha value is -0.980. The van der Waals surface area contributed by atoms with E-state index >= 15 is 0 Å². The quantitative estimate of drug-likeness (QED) is 0.817. The van der Waals surface area contributed by atoms with E-state index in [0.29, 0.717) is 0 Å². The van der Waals surface area contributed by atoms with Crippen molar-refractivity contribution in [2.45, 2.75) is 4.90 Å². The number of hydrogen-bond donors (Lipinski definition) is 1. The molecule has 0 bridgehead atoms. The molecule has 4 nitrogen and oxygen atoms in total. The lowest BCUT2D eigenvalue weighted by atomic mass is 10.4. The van der Waals surface area contributed by atoms with Gasteiger partial charge in [-0.3, -0.25) is 0 Å². The largest absolute Gasteiger partial charge is 0.329 e. The predicted octanol–water partition coefficient (Wildman–Crippen LogP) is 0.405. The summed E-state index contributed by atoms with van der Waals surface area (Å²) >= 11 is 0. The van der Waals surface area contributed by atoms with Gasteiger partial charge in [-0.25, -0.2) is 12.8 Å². The van der Waals surface area contributed by atoms with E-state index in [2.05, 4.69) is 0 Å². The van der Waals surface area contributed by atoms with Gasteiger partial charge in [0.05, 0.1) is 4.90 Å². The van der Waals surface area contributed by atoms with Gasteiger partial charge in [0.25, 0.3) is 0 Å². The highest BCUT2D eigenvalue weighted by molar-refractivity contribution is 7.89. The van der Waals surface area contributed by atoms with E-state index in [1.807, 2.05) is 0 Å². The van der Waals surface area contributed by atoms with Crippen molar-refractivity contribution in [3.8, 4) is 0 Å². The predicted molar refractivity (Wildman–Crippen MR) is 55.3 cm³/mol. The molecule has 0 aromatic heterocycles. The number of nitrogens with two attached hydrogens (primary N) is 1. The van der Waals surface area contributed by atoms with Gasteiger partial charge in [-0.05, 0) is 24.3 Å². The SMILES string of the molecule is CN(CCN)S(=O)(=O)c1ccc(F)cc1. The van der Waals surface area contributed by atoms with Crippen LogP contribution in [-0.4, -0.2) is 32.9 Å². The van der Waals surface area contributed by atoms with Gasteiger partial charge in [0.2, 0.25) is 10.0 Å². The van der Waals surface area contributed by atoms with Crippen molar-refractivity contribution in [1.82, 2.24) is 4.31 Å². The van der Waals surface area contributed by atoms with E-state index in [1.165, 1.54) is 19.2 Å². The van der Waals surface area contributed by atoms with Gasteiger partial charge in [-0.1, -0.05) is 0 Å². The Morgan fingerprint density at radius 2 is 1.87 bits per heavy atom. The molecule has 0 saturated heterocycles. The Kier molecular flexibility index (Phi) is 3.78. The highest BCUT2D eigenvalue weighted by Gasteiger charge is 2.19. The van der Waals surface area contributed by atoms with Crippen molar-refractivity contribution in [2.75, 3.05) is 20.1 Å². The Morgan fingerprint density at radius 3 is 2.33 bits per heavy atom. The molecule has 15 heavy (non-hydrogen) atoms. The Morgan fingerprint density at radius 1 is 1.33 bits per heavy atom. The summed E-state index contributed by atoms with van der Waals surface area (Å²) in [5, 5.41) is 0. The van der Waals surface area contributed by atoms with Gasteiger partial charge in [-0.15, -0.1) is 0 Å². The maximum Gasteiger partial charge on any atom is 0.242 e. The molecule has 1 aromatic rings. The molecule has 0 heterocycles. The average Bonchev–Trinajstić information content (AvgIpc) is 2.18. The van der Waals surface area contributed by atoms with Crippen LogP contribution in [0.3, 0.4) is 0 Å². The second-order valence-electron chi connectivity index (χ2n) is 3.07. The van der Waals surface area contributed by atoms with Crippen LogP contribution >= 0.6 is 0 Å². The lowest BCUT2D eigenvalue weighted by Crippen LogP contribution is -2.31. The molecule has 1 aromatic carbocycles. The Labute approximate surface area is 88.6 Å². The number of hydrogen-bond acceptors (Lipinski definition) is 3. The topological polar surface area (TPSA) is 63.4 Å². The van der Waals surface area contributed by atoms with Crippen LogP contribution in [0.5, 0.6) is 0 Å². The van der Waals surface area contributed by atoms with Gasteiger partial charge >= 0.3 is 0 Å². The molecule has 0 amide bonds. The summed E-state index contributed by atoms with van der Waals surface area (Å²) in [5.41, 5.74) is 5.26. The second kappa shape index (κ2) is 4.69. The molecular weight excluding hydrogens is 219 g/mol. The molecular formula is C9H13FN2O2S. The van der Waals surface area contributed by atoms with Gasteiger partial charge in [0, 0.05) is 20.1 Å². The molecule has 2 N–H and O–H groups in total. The van der Waals surface area contributed by atoms with Crippen LogP contribution in [0, 0.1) is 5.82 Å². The average molecular weight is 232 g/mol. The number of halogens is 1. The second-order valence-corrected chi connectivity index (χ2v) is 5.11. The van der Waals surface area contributed by atoms with Crippen molar-refractivity contribution < 1.29 is 12.8 Å². The van der Waals surface area contributed by atoms with Crippen LogP contribution in [0.15, 0.2) is 29.2 Å². The van der Waals surface area contributed by atoms with Gasteiger partial charge in [0.1, 0.15) is 5.82 Å². The zero-order valence-electron chi connectivity index (χ0n) is 8.35. The standard InChI is InChI=1S/C9H13FN2O2S/c1-12(7-6-11)15(13,14)9-4-2-8(10)3-5-9/h2-5H,6-7,11H2,1H3. The van der Waals surface area contributed by atoms with Gasteiger partial charge in [-0.2, -0.15) is 4.31 Å². The van der Waals surface area contributed by atoms with Crippen molar-refractivity contribution in [1.29, 1.82) is 0 Å². The molecule has 0 aliphatic rings. The Bertz CT molecular complexity index is 416. The molecule has 0 aliphatic heterocycles. The van der Waals surface area contributed by atoms with Crippen LogP contribution in [0.1, 0.15) is 0 Å². The third-order valence-electron chi connectivity index (χ3n) is 1.97. The lowest BCUT2D eigenvalue weighted by molar-refractivity contribution is 0.476. The highest BCUT2D eigenvalue weighted by Crippen LogP contribution is 2.13. The minimum atomic E-state index is -3.53. The zero-order chi connectivity index (χ0) is 11.5. The van der Waals surface area contributed by atoms with Gasteiger partial charge in [0.15, 0.2) is 0 Å². The molecule has 0 saturated carbocycles. The fraction of sp³-hybridized carbons (Fsp3) is 0.333. The van der Waals surface area contributed by atoms with E-state index in [4.69, 9.17) is 5.73 Å². The summed E-state index contributed by atoms with van der Waals surface area (Å²) in [6.45, 7) is 0.483. The molecule has 0 aliphatic carbocycles. The molecule has 1 rings (SSSR count).